The van der Waals surface area contributed by atoms with Gasteiger partial charge in [-0.05, 0) is 43.2 Å². The van der Waals surface area contributed by atoms with Crippen molar-refractivity contribution in [3.63, 3.8) is 0 Å². The molecule has 0 radical (unpaired) electrons. The molecule has 2 aliphatic rings. The zero-order chi connectivity index (χ0) is 23.4. The largest absolute Gasteiger partial charge is 0.496 e. The first-order chi connectivity index (χ1) is 15.9. The van der Waals surface area contributed by atoms with Crippen LogP contribution in [0, 0.1) is 11.7 Å². The highest BCUT2D eigenvalue weighted by molar-refractivity contribution is 7.89. The fourth-order valence-electron chi connectivity index (χ4n) is 3.91. The Morgan fingerprint density at radius 2 is 1.82 bits per heavy atom. The average molecular weight is 480 g/mol. The Bertz CT molecular complexity index is 1110. The number of rotatable bonds is 6. The van der Waals surface area contributed by atoms with Gasteiger partial charge in [0.15, 0.2) is 11.5 Å². The maximum Gasteiger partial charge on any atom is 0.309 e. The van der Waals surface area contributed by atoms with Crippen LogP contribution in [0.5, 0.6) is 17.2 Å². The van der Waals surface area contributed by atoms with Crippen molar-refractivity contribution < 1.29 is 36.6 Å². The summed E-state index contributed by atoms with van der Waals surface area (Å²) in [5, 5.41) is 0. The van der Waals surface area contributed by atoms with Crippen LogP contribution in [-0.4, -0.2) is 52.1 Å². The number of nitrogens with zero attached hydrogens (tertiary/aromatic N) is 1. The maximum absolute atomic E-state index is 13.5. The van der Waals surface area contributed by atoms with Crippen LogP contribution in [0.2, 0.25) is 0 Å². The average Bonchev–Trinajstić information content (AvgIpc) is 3.07. The molecule has 8 nitrogen and oxygen atoms in total. The standard InChI is InChI=1S/C23H26FNO7S/c1-29-20-5-3-18(24)13-17(20)15-32-23(26)16-7-9-25(10-8-16)33(27,28)19-4-6-21-22(14-19)31-12-2-11-30-21/h3-6,13-14,16H,2,7-12,15H2,1H3. The van der Waals surface area contributed by atoms with Crippen LogP contribution in [0.15, 0.2) is 41.3 Å². The zero-order valence-electron chi connectivity index (χ0n) is 18.3. The summed E-state index contributed by atoms with van der Waals surface area (Å²) in [6.45, 7) is 1.26. The fraction of sp³-hybridized carbons (Fsp3) is 0.435. The first kappa shape index (κ1) is 23.3. The SMILES string of the molecule is COc1ccc(F)cc1COC(=O)C1CCN(S(=O)(=O)c2ccc3c(c2)OCCCO3)CC1. The molecular weight excluding hydrogens is 453 g/mol. The first-order valence-corrected chi connectivity index (χ1v) is 12.2. The van der Waals surface area contributed by atoms with E-state index >= 15 is 0 Å². The summed E-state index contributed by atoms with van der Waals surface area (Å²) in [6, 6.07) is 8.61. The van der Waals surface area contributed by atoms with Crippen LogP contribution >= 0.6 is 0 Å². The lowest BCUT2D eigenvalue weighted by atomic mass is 9.98. The van der Waals surface area contributed by atoms with E-state index in [1.165, 1.54) is 41.7 Å². The topological polar surface area (TPSA) is 91.4 Å². The number of benzene rings is 2. The second-order valence-corrected chi connectivity index (χ2v) is 9.84. The van der Waals surface area contributed by atoms with Crippen molar-refractivity contribution >= 4 is 16.0 Å². The Morgan fingerprint density at radius 3 is 2.55 bits per heavy atom. The van der Waals surface area contributed by atoms with Gasteiger partial charge in [-0.25, -0.2) is 12.8 Å². The molecule has 0 aliphatic carbocycles. The van der Waals surface area contributed by atoms with Gasteiger partial charge in [0.2, 0.25) is 10.0 Å². The van der Waals surface area contributed by atoms with Crippen molar-refractivity contribution in [2.75, 3.05) is 33.4 Å². The third-order valence-corrected chi connectivity index (χ3v) is 7.65. The van der Waals surface area contributed by atoms with Gasteiger partial charge in [0.05, 0.1) is 31.1 Å². The van der Waals surface area contributed by atoms with Crippen molar-refractivity contribution in [1.29, 1.82) is 0 Å². The van der Waals surface area contributed by atoms with Crippen LogP contribution < -0.4 is 14.2 Å². The van der Waals surface area contributed by atoms with Crippen LogP contribution in [0.3, 0.4) is 0 Å². The molecule has 10 heteroatoms. The smallest absolute Gasteiger partial charge is 0.309 e. The maximum atomic E-state index is 13.5. The highest BCUT2D eigenvalue weighted by atomic mass is 32.2. The van der Waals surface area contributed by atoms with Gasteiger partial charge in [-0.2, -0.15) is 4.31 Å². The molecule has 4 rings (SSSR count). The van der Waals surface area contributed by atoms with Gasteiger partial charge in [0.25, 0.3) is 0 Å². The summed E-state index contributed by atoms with van der Waals surface area (Å²) in [4.78, 5) is 12.7. The summed E-state index contributed by atoms with van der Waals surface area (Å²) < 4.78 is 62.8. The van der Waals surface area contributed by atoms with Crippen molar-refractivity contribution in [3.8, 4) is 17.2 Å². The number of carbonyl (C=O) groups excluding carboxylic acids is 1. The molecule has 2 heterocycles. The lowest BCUT2D eigenvalue weighted by Crippen LogP contribution is -2.40. The summed E-state index contributed by atoms with van der Waals surface area (Å²) in [7, 11) is -2.28. The highest BCUT2D eigenvalue weighted by Gasteiger charge is 2.33. The molecule has 0 saturated carbocycles. The molecule has 2 aliphatic heterocycles. The van der Waals surface area contributed by atoms with Crippen LogP contribution in [0.25, 0.3) is 0 Å². The first-order valence-electron chi connectivity index (χ1n) is 10.8. The van der Waals surface area contributed by atoms with Crippen LogP contribution in [-0.2, 0) is 26.2 Å². The molecule has 1 saturated heterocycles. The number of carbonyl (C=O) groups is 1. The summed E-state index contributed by atoms with van der Waals surface area (Å²) in [5.74, 6) is 0.0618. The number of hydrogen-bond donors (Lipinski definition) is 0. The number of fused-ring (bicyclic) bond motifs is 1. The van der Waals surface area contributed by atoms with Gasteiger partial charge >= 0.3 is 5.97 Å². The van der Waals surface area contributed by atoms with E-state index in [-0.39, 0.29) is 24.6 Å². The van der Waals surface area contributed by atoms with E-state index in [0.717, 1.165) is 6.42 Å². The van der Waals surface area contributed by atoms with Gasteiger partial charge in [0.1, 0.15) is 18.2 Å². The molecule has 0 spiro atoms. The molecule has 0 aromatic heterocycles. The van der Waals surface area contributed by atoms with E-state index in [1.54, 1.807) is 6.07 Å². The molecule has 2 aromatic carbocycles. The Kier molecular flexibility index (Phi) is 7.04. The zero-order valence-corrected chi connectivity index (χ0v) is 19.1. The fourth-order valence-corrected chi connectivity index (χ4v) is 5.40. The Hall–Kier alpha value is -2.85. The minimum absolute atomic E-state index is 0.116. The third kappa shape index (κ3) is 5.22. The number of halogens is 1. The molecule has 0 N–H and O–H groups in total. The van der Waals surface area contributed by atoms with Gasteiger partial charge in [-0.3, -0.25) is 4.79 Å². The number of hydrogen-bond acceptors (Lipinski definition) is 7. The van der Waals surface area contributed by atoms with Crippen molar-refractivity contribution in [2.45, 2.75) is 30.8 Å². The van der Waals surface area contributed by atoms with Crippen LogP contribution in [0.1, 0.15) is 24.8 Å². The number of esters is 1. The second-order valence-electron chi connectivity index (χ2n) is 7.90. The van der Waals surface area contributed by atoms with Crippen molar-refractivity contribution in [2.24, 2.45) is 5.92 Å². The van der Waals surface area contributed by atoms with E-state index < -0.39 is 27.7 Å². The summed E-state index contributed by atoms with van der Waals surface area (Å²) >= 11 is 0. The van der Waals surface area contributed by atoms with E-state index in [2.05, 4.69) is 0 Å². The minimum atomic E-state index is -3.74. The van der Waals surface area contributed by atoms with Gasteiger partial charge in [-0.1, -0.05) is 0 Å². The van der Waals surface area contributed by atoms with E-state index in [0.29, 0.717) is 48.9 Å². The number of piperidine rings is 1. The molecule has 0 amide bonds. The molecule has 33 heavy (non-hydrogen) atoms. The lowest BCUT2D eigenvalue weighted by molar-refractivity contribution is -0.151. The predicted molar refractivity (Wildman–Crippen MR) is 116 cm³/mol. The number of ether oxygens (including phenoxy) is 4. The lowest BCUT2D eigenvalue weighted by Gasteiger charge is -2.30. The van der Waals surface area contributed by atoms with E-state index in [4.69, 9.17) is 18.9 Å². The molecule has 1 fully saturated rings. The normalized spacial score (nSPS) is 17.3. The van der Waals surface area contributed by atoms with Gasteiger partial charge in [-0.15, -0.1) is 0 Å². The monoisotopic (exact) mass is 479 g/mol. The van der Waals surface area contributed by atoms with Crippen LogP contribution in [0.4, 0.5) is 4.39 Å². The summed E-state index contributed by atoms with van der Waals surface area (Å²) in [5.41, 5.74) is 0.431. The number of sulfonamides is 1. The number of methoxy groups -OCH3 is 1. The third-order valence-electron chi connectivity index (χ3n) is 5.76. The van der Waals surface area contributed by atoms with Gasteiger partial charge in [0, 0.05) is 31.1 Å². The summed E-state index contributed by atoms with van der Waals surface area (Å²) in [6.07, 6.45) is 1.40. The minimum Gasteiger partial charge on any atom is -0.496 e. The van der Waals surface area contributed by atoms with E-state index in [1.807, 2.05) is 0 Å². The molecule has 2 aromatic rings. The Morgan fingerprint density at radius 1 is 1.09 bits per heavy atom. The molecular formula is C23H26FNO7S. The predicted octanol–water partition coefficient (Wildman–Crippen LogP) is 3.14. The molecule has 0 unspecified atom stereocenters. The quantitative estimate of drug-likeness (QED) is 0.588. The Balaban J connectivity index is 1.36. The second kappa shape index (κ2) is 9.96. The molecule has 0 bridgehead atoms. The molecule has 0 atom stereocenters. The molecule has 178 valence electrons. The van der Waals surface area contributed by atoms with Crippen molar-refractivity contribution in [1.82, 2.24) is 4.31 Å². The van der Waals surface area contributed by atoms with Gasteiger partial charge < -0.3 is 18.9 Å². The van der Waals surface area contributed by atoms with Crippen molar-refractivity contribution in [3.05, 3.63) is 47.8 Å². The Labute approximate surface area is 192 Å². The van der Waals surface area contributed by atoms with E-state index in [9.17, 15) is 17.6 Å². The highest BCUT2D eigenvalue weighted by Crippen LogP contribution is 2.34.